The van der Waals surface area contributed by atoms with Gasteiger partial charge < -0.3 is 10.1 Å². The highest BCUT2D eigenvalue weighted by Crippen LogP contribution is 2.30. The summed E-state index contributed by atoms with van der Waals surface area (Å²) in [6.07, 6.45) is 3.48. The Morgan fingerprint density at radius 3 is 2.80 bits per heavy atom. The molecule has 0 unspecified atom stereocenters. The molecule has 1 aliphatic rings. The second-order valence-corrected chi connectivity index (χ2v) is 6.08. The van der Waals surface area contributed by atoms with Gasteiger partial charge in [0.25, 0.3) is 5.91 Å². The van der Waals surface area contributed by atoms with Gasteiger partial charge >= 0.3 is 0 Å². The monoisotopic (exact) mass is 287 g/mol. The Bertz CT molecular complexity index is 594. The highest BCUT2D eigenvalue weighted by atomic mass is 32.1. The molecule has 1 N–H and O–H groups in total. The molecule has 0 saturated heterocycles. The second kappa shape index (κ2) is 5.67. The van der Waals surface area contributed by atoms with Gasteiger partial charge in [0, 0.05) is 11.4 Å². The summed E-state index contributed by atoms with van der Waals surface area (Å²) in [6, 6.07) is 9.79. The molecule has 2 aromatic rings. The first-order valence-corrected chi connectivity index (χ1v) is 7.60. The summed E-state index contributed by atoms with van der Waals surface area (Å²) in [4.78, 5) is 14.3. The quantitative estimate of drug-likeness (QED) is 0.938. The molecule has 1 aromatic carbocycles. The van der Waals surface area contributed by atoms with Gasteiger partial charge in [-0.3, -0.25) is 4.79 Å². The normalized spacial score (nSPS) is 13.1. The topological polar surface area (TPSA) is 38.3 Å². The summed E-state index contributed by atoms with van der Waals surface area (Å²) in [7, 11) is 1.65. The third kappa shape index (κ3) is 2.70. The lowest BCUT2D eigenvalue weighted by Gasteiger charge is -2.05. The van der Waals surface area contributed by atoms with Gasteiger partial charge in [0.05, 0.1) is 12.0 Å². The number of hydrogen-bond acceptors (Lipinski definition) is 3. The highest BCUT2D eigenvalue weighted by Gasteiger charge is 2.18. The zero-order valence-corrected chi connectivity index (χ0v) is 12.3. The van der Waals surface area contributed by atoms with E-state index in [1.165, 1.54) is 16.9 Å². The smallest absolute Gasteiger partial charge is 0.261 e. The average Bonchev–Trinajstić information content (AvgIpc) is 3.06. The fourth-order valence-corrected chi connectivity index (χ4v) is 3.62. The minimum absolute atomic E-state index is 0.0280. The molecule has 0 radical (unpaired) electrons. The fraction of sp³-hybridized carbons (Fsp3) is 0.312. The number of hydrogen-bond donors (Lipinski definition) is 1. The number of amides is 1. The van der Waals surface area contributed by atoms with Gasteiger partial charge in [-0.1, -0.05) is 12.1 Å². The van der Waals surface area contributed by atoms with Crippen LogP contribution in [0.2, 0.25) is 0 Å². The minimum Gasteiger partial charge on any atom is -0.497 e. The Morgan fingerprint density at radius 1 is 1.30 bits per heavy atom. The molecule has 0 saturated carbocycles. The van der Waals surface area contributed by atoms with E-state index in [0.29, 0.717) is 6.54 Å². The lowest BCUT2D eigenvalue weighted by Crippen LogP contribution is -2.21. The molecular weight excluding hydrogens is 270 g/mol. The van der Waals surface area contributed by atoms with Crippen molar-refractivity contribution in [1.29, 1.82) is 0 Å². The number of rotatable bonds is 4. The van der Waals surface area contributed by atoms with E-state index in [1.54, 1.807) is 18.4 Å². The number of thiophene rings is 1. The number of carbonyl (C=O) groups is 1. The molecule has 0 atom stereocenters. The van der Waals surface area contributed by atoms with E-state index >= 15 is 0 Å². The van der Waals surface area contributed by atoms with Crippen molar-refractivity contribution in [2.45, 2.75) is 25.8 Å². The van der Waals surface area contributed by atoms with Crippen molar-refractivity contribution in [2.24, 2.45) is 0 Å². The maximum Gasteiger partial charge on any atom is 0.261 e. The summed E-state index contributed by atoms with van der Waals surface area (Å²) < 4.78 is 5.11. The van der Waals surface area contributed by atoms with Gasteiger partial charge in [0.15, 0.2) is 0 Å². The van der Waals surface area contributed by atoms with Crippen LogP contribution in [0.3, 0.4) is 0 Å². The third-order valence-electron chi connectivity index (χ3n) is 3.58. The standard InChI is InChI=1S/C16H17NO2S/c1-19-13-7-5-11(6-8-13)10-17-16(18)15-9-12-3-2-4-14(12)20-15/h5-9H,2-4,10H2,1H3,(H,17,18). The zero-order valence-electron chi connectivity index (χ0n) is 11.4. The first kappa shape index (κ1) is 13.2. The van der Waals surface area contributed by atoms with Crippen LogP contribution in [0.1, 0.15) is 32.1 Å². The molecule has 1 heterocycles. The number of benzene rings is 1. The third-order valence-corrected chi connectivity index (χ3v) is 4.82. The number of ether oxygens (including phenoxy) is 1. The fourth-order valence-electron chi connectivity index (χ4n) is 2.45. The van der Waals surface area contributed by atoms with E-state index in [9.17, 15) is 4.79 Å². The molecule has 1 amide bonds. The van der Waals surface area contributed by atoms with Crippen LogP contribution in [0.4, 0.5) is 0 Å². The van der Waals surface area contributed by atoms with Gasteiger partial charge in [-0.05, 0) is 48.6 Å². The summed E-state index contributed by atoms with van der Waals surface area (Å²) in [6.45, 7) is 0.547. The number of aryl methyl sites for hydroxylation is 2. The summed E-state index contributed by atoms with van der Waals surface area (Å²) >= 11 is 1.64. The highest BCUT2D eigenvalue weighted by molar-refractivity contribution is 7.14. The summed E-state index contributed by atoms with van der Waals surface area (Å²) in [5.41, 5.74) is 2.44. The van der Waals surface area contributed by atoms with Crippen LogP contribution in [0.15, 0.2) is 30.3 Å². The second-order valence-electron chi connectivity index (χ2n) is 4.94. The van der Waals surface area contributed by atoms with Crippen molar-refractivity contribution < 1.29 is 9.53 Å². The van der Waals surface area contributed by atoms with E-state index < -0.39 is 0 Å². The number of fused-ring (bicyclic) bond motifs is 1. The molecule has 4 heteroatoms. The lowest BCUT2D eigenvalue weighted by atomic mass is 10.2. The Hall–Kier alpha value is -1.81. The van der Waals surface area contributed by atoms with Crippen LogP contribution < -0.4 is 10.1 Å². The van der Waals surface area contributed by atoms with Crippen molar-refractivity contribution in [3.63, 3.8) is 0 Å². The Morgan fingerprint density at radius 2 is 2.10 bits per heavy atom. The number of carbonyl (C=O) groups excluding carboxylic acids is 1. The van der Waals surface area contributed by atoms with Gasteiger partial charge in [-0.25, -0.2) is 0 Å². The molecule has 0 aliphatic heterocycles. The van der Waals surface area contributed by atoms with E-state index in [0.717, 1.165) is 29.0 Å². The van der Waals surface area contributed by atoms with E-state index in [-0.39, 0.29) is 5.91 Å². The molecule has 104 valence electrons. The molecule has 20 heavy (non-hydrogen) atoms. The van der Waals surface area contributed by atoms with Crippen molar-refractivity contribution >= 4 is 17.2 Å². The predicted octanol–water partition coefficient (Wildman–Crippen LogP) is 3.18. The summed E-state index contributed by atoms with van der Waals surface area (Å²) in [5.74, 6) is 0.856. The average molecular weight is 287 g/mol. The zero-order chi connectivity index (χ0) is 13.9. The maximum absolute atomic E-state index is 12.1. The minimum atomic E-state index is 0.0280. The van der Waals surface area contributed by atoms with Crippen molar-refractivity contribution in [3.05, 3.63) is 51.2 Å². The van der Waals surface area contributed by atoms with E-state index in [1.807, 2.05) is 24.3 Å². The first-order valence-electron chi connectivity index (χ1n) is 6.79. The maximum atomic E-state index is 12.1. The van der Waals surface area contributed by atoms with Gasteiger partial charge in [0.2, 0.25) is 0 Å². The van der Waals surface area contributed by atoms with E-state index in [4.69, 9.17) is 4.74 Å². The Labute approximate surface area is 122 Å². The van der Waals surface area contributed by atoms with Crippen LogP contribution in [-0.2, 0) is 19.4 Å². The van der Waals surface area contributed by atoms with Crippen molar-refractivity contribution in [2.75, 3.05) is 7.11 Å². The van der Waals surface area contributed by atoms with Crippen LogP contribution in [0.25, 0.3) is 0 Å². The molecule has 1 aliphatic carbocycles. The molecule has 0 bridgehead atoms. The molecule has 1 aromatic heterocycles. The Kier molecular flexibility index (Phi) is 3.74. The Balaban J connectivity index is 1.60. The number of methoxy groups -OCH3 is 1. The molecular formula is C16H17NO2S. The molecule has 0 spiro atoms. The summed E-state index contributed by atoms with van der Waals surface area (Å²) in [5, 5.41) is 2.97. The van der Waals surface area contributed by atoms with E-state index in [2.05, 4.69) is 11.4 Å². The van der Waals surface area contributed by atoms with Crippen LogP contribution >= 0.6 is 11.3 Å². The number of nitrogens with one attached hydrogen (secondary N) is 1. The van der Waals surface area contributed by atoms with Gasteiger partial charge in [-0.2, -0.15) is 0 Å². The van der Waals surface area contributed by atoms with Crippen molar-refractivity contribution in [3.8, 4) is 5.75 Å². The lowest BCUT2D eigenvalue weighted by molar-refractivity contribution is 0.0955. The SMILES string of the molecule is COc1ccc(CNC(=O)c2cc3c(s2)CCC3)cc1. The van der Waals surface area contributed by atoms with Crippen LogP contribution in [0, 0.1) is 0 Å². The molecule has 0 fully saturated rings. The van der Waals surface area contributed by atoms with Gasteiger partial charge in [-0.15, -0.1) is 11.3 Å². The van der Waals surface area contributed by atoms with Gasteiger partial charge in [0.1, 0.15) is 5.75 Å². The molecule has 3 rings (SSSR count). The molecule has 3 nitrogen and oxygen atoms in total. The first-order chi connectivity index (χ1) is 9.76. The van der Waals surface area contributed by atoms with Crippen LogP contribution in [0.5, 0.6) is 5.75 Å². The van der Waals surface area contributed by atoms with Crippen molar-refractivity contribution in [1.82, 2.24) is 5.32 Å². The predicted molar refractivity (Wildman–Crippen MR) is 80.5 cm³/mol. The largest absolute Gasteiger partial charge is 0.497 e. The van der Waals surface area contributed by atoms with Crippen LogP contribution in [-0.4, -0.2) is 13.0 Å².